The largest absolute Gasteiger partial charge is 0.310 e. The van der Waals surface area contributed by atoms with Gasteiger partial charge in [0.25, 0.3) is 0 Å². The fraction of sp³-hybridized carbons (Fsp3) is 0.278. The molecule has 3 rings (SSSR count). The van der Waals surface area contributed by atoms with Crippen LogP contribution in [0.1, 0.15) is 12.5 Å². The van der Waals surface area contributed by atoms with Gasteiger partial charge in [0.15, 0.2) is 0 Å². The molecule has 0 radical (unpaired) electrons. The molecule has 0 bridgehead atoms. The average Bonchev–Trinajstić information content (AvgIpc) is 2.54. The number of rotatable bonds is 3. The highest BCUT2D eigenvalue weighted by atomic mass is 19.1. The molecule has 2 aromatic rings. The van der Waals surface area contributed by atoms with Crippen molar-refractivity contribution >= 4 is 11.6 Å². The van der Waals surface area contributed by atoms with Gasteiger partial charge in [-0.25, -0.2) is 8.78 Å². The summed E-state index contributed by atoms with van der Waals surface area (Å²) in [5.41, 5.74) is 1.55. The molecule has 1 saturated heterocycles. The normalized spacial score (nSPS) is 19.2. The van der Waals surface area contributed by atoms with Crippen molar-refractivity contribution in [3.05, 3.63) is 65.7 Å². The summed E-state index contributed by atoms with van der Waals surface area (Å²) in [5, 5.41) is 0. The van der Waals surface area contributed by atoms with E-state index >= 15 is 0 Å². The van der Waals surface area contributed by atoms with E-state index in [1.165, 1.54) is 24.3 Å². The van der Waals surface area contributed by atoms with E-state index in [1.807, 2.05) is 11.8 Å². The second kappa shape index (κ2) is 6.46. The van der Waals surface area contributed by atoms with Gasteiger partial charge in [0.1, 0.15) is 11.6 Å². The maximum Gasteiger partial charge on any atom is 0.244 e. The molecule has 23 heavy (non-hydrogen) atoms. The van der Waals surface area contributed by atoms with Crippen LogP contribution < -0.4 is 4.90 Å². The first-order valence-electron chi connectivity index (χ1n) is 7.60. The quantitative estimate of drug-likeness (QED) is 0.868. The van der Waals surface area contributed by atoms with Gasteiger partial charge in [-0.1, -0.05) is 18.2 Å². The predicted molar refractivity (Wildman–Crippen MR) is 85.0 cm³/mol. The third-order valence-electron chi connectivity index (χ3n) is 4.20. The topological polar surface area (TPSA) is 23.6 Å². The summed E-state index contributed by atoms with van der Waals surface area (Å²) in [6.07, 6.45) is 0. The maximum absolute atomic E-state index is 13.4. The van der Waals surface area contributed by atoms with Gasteiger partial charge >= 0.3 is 0 Å². The second-order valence-corrected chi connectivity index (χ2v) is 5.74. The van der Waals surface area contributed by atoms with Gasteiger partial charge in [0.05, 0.1) is 6.04 Å². The van der Waals surface area contributed by atoms with E-state index in [0.717, 1.165) is 5.56 Å². The summed E-state index contributed by atoms with van der Waals surface area (Å²) in [4.78, 5) is 16.3. The minimum atomic E-state index is -0.350. The van der Waals surface area contributed by atoms with Gasteiger partial charge in [0.2, 0.25) is 5.91 Å². The molecule has 1 aliphatic rings. The Kier molecular flexibility index (Phi) is 4.39. The third kappa shape index (κ3) is 3.40. The van der Waals surface area contributed by atoms with Crippen LogP contribution in [0.4, 0.5) is 14.5 Å². The van der Waals surface area contributed by atoms with Crippen LogP contribution in [0.15, 0.2) is 48.5 Å². The van der Waals surface area contributed by atoms with Crippen LogP contribution in [0.5, 0.6) is 0 Å². The van der Waals surface area contributed by atoms with Crippen LogP contribution in [0.3, 0.4) is 0 Å². The first-order chi connectivity index (χ1) is 11.0. The number of nitrogens with zero attached hydrogens (tertiary/aromatic N) is 2. The van der Waals surface area contributed by atoms with Crippen molar-refractivity contribution in [2.45, 2.75) is 19.5 Å². The van der Waals surface area contributed by atoms with Gasteiger partial charge in [-0.3, -0.25) is 9.69 Å². The highest BCUT2D eigenvalue weighted by Gasteiger charge is 2.32. The molecular formula is C18H18F2N2O. The molecule has 3 nitrogen and oxygen atoms in total. The lowest BCUT2D eigenvalue weighted by Gasteiger charge is -2.39. The summed E-state index contributed by atoms with van der Waals surface area (Å²) < 4.78 is 26.3. The number of hydrogen-bond acceptors (Lipinski definition) is 2. The predicted octanol–water partition coefficient (Wildman–Crippen LogP) is 3.20. The standard InChI is InChI=1S/C18H18F2N2O/c1-13-18(23)22(17-4-2-3-16(20)11-17)10-9-21(13)12-14-5-7-15(19)8-6-14/h2-8,11,13H,9-10,12H2,1H3/t13-/m1/s1. The maximum atomic E-state index is 13.4. The van der Waals surface area contributed by atoms with Crippen molar-refractivity contribution in [2.75, 3.05) is 18.0 Å². The van der Waals surface area contributed by atoms with Crippen LogP contribution in [-0.4, -0.2) is 29.9 Å². The van der Waals surface area contributed by atoms with E-state index in [2.05, 4.69) is 0 Å². The number of benzene rings is 2. The Hall–Kier alpha value is -2.27. The lowest BCUT2D eigenvalue weighted by atomic mass is 10.1. The van der Waals surface area contributed by atoms with Crippen molar-refractivity contribution in [3.63, 3.8) is 0 Å². The Morgan fingerprint density at radius 1 is 1.04 bits per heavy atom. The number of anilines is 1. The highest BCUT2D eigenvalue weighted by Crippen LogP contribution is 2.22. The molecule has 0 aromatic heterocycles. The molecule has 1 amide bonds. The summed E-state index contributed by atoms with van der Waals surface area (Å²) in [5.74, 6) is -0.672. The fourth-order valence-corrected chi connectivity index (χ4v) is 2.85. The van der Waals surface area contributed by atoms with Gasteiger partial charge in [0, 0.05) is 25.3 Å². The Bertz CT molecular complexity index is 702. The van der Waals surface area contributed by atoms with Crippen LogP contribution in [0.2, 0.25) is 0 Å². The lowest BCUT2D eigenvalue weighted by molar-refractivity contribution is -0.125. The van der Waals surface area contributed by atoms with Crippen LogP contribution in [0, 0.1) is 11.6 Å². The molecule has 1 heterocycles. The zero-order chi connectivity index (χ0) is 16.4. The molecule has 0 N–H and O–H groups in total. The molecule has 0 spiro atoms. The molecule has 120 valence electrons. The van der Waals surface area contributed by atoms with E-state index in [0.29, 0.717) is 25.3 Å². The SMILES string of the molecule is C[C@@H]1C(=O)N(c2cccc(F)c2)CCN1Cc1ccc(F)cc1. The summed E-state index contributed by atoms with van der Waals surface area (Å²) in [7, 11) is 0. The van der Waals surface area contributed by atoms with E-state index in [1.54, 1.807) is 29.2 Å². The molecule has 1 fully saturated rings. The zero-order valence-corrected chi connectivity index (χ0v) is 12.9. The average molecular weight is 316 g/mol. The molecule has 2 aromatic carbocycles. The number of carbonyl (C=O) groups excluding carboxylic acids is 1. The number of hydrogen-bond donors (Lipinski definition) is 0. The Morgan fingerprint density at radius 3 is 2.48 bits per heavy atom. The fourth-order valence-electron chi connectivity index (χ4n) is 2.85. The van der Waals surface area contributed by atoms with Crippen molar-refractivity contribution in [2.24, 2.45) is 0 Å². The Morgan fingerprint density at radius 2 is 1.78 bits per heavy atom. The lowest BCUT2D eigenvalue weighted by Crippen LogP contribution is -2.55. The second-order valence-electron chi connectivity index (χ2n) is 5.74. The molecule has 0 saturated carbocycles. The monoisotopic (exact) mass is 316 g/mol. The van der Waals surface area contributed by atoms with Crippen LogP contribution in [-0.2, 0) is 11.3 Å². The smallest absolute Gasteiger partial charge is 0.244 e. The molecule has 0 aliphatic carbocycles. The minimum Gasteiger partial charge on any atom is -0.310 e. The number of carbonyl (C=O) groups is 1. The molecular weight excluding hydrogens is 298 g/mol. The van der Waals surface area contributed by atoms with Crippen molar-refractivity contribution < 1.29 is 13.6 Å². The Balaban J connectivity index is 1.72. The highest BCUT2D eigenvalue weighted by molar-refractivity contribution is 5.97. The first kappa shape index (κ1) is 15.6. The summed E-state index contributed by atoms with van der Waals surface area (Å²) >= 11 is 0. The Labute approximate surface area is 134 Å². The minimum absolute atomic E-state index is 0.0519. The molecule has 0 unspecified atom stereocenters. The molecule has 5 heteroatoms. The van der Waals surface area contributed by atoms with Crippen molar-refractivity contribution in [1.82, 2.24) is 4.90 Å². The van der Waals surface area contributed by atoms with Gasteiger partial charge in [-0.15, -0.1) is 0 Å². The van der Waals surface area contributed by atoms with Gasteiger partial charge in [-0.2, -0.15) is 0 Å². The zero-order valence-electron chi connectivity index (χ0n) is 12.9. The first-order valence-corrected chi connectivity index (χ1v) is 7.60. The van der Waals surface area contributed by atoms with Gasteiger partial charge < -0.3 is 4.90 Å². The van der Waals surface area contributed by atoms with Crippen molar-refractivity contribution in [3.8, 4) is 0 Å². The van der Waals surface area contributed by atoms with Crippen LogP contribution in [0.25, 0.3) is 0 Å². The van der Waals surface area contributed by atoms with E-state index in [-0.39, 0.29) is 23.6 Å². The number of halogens is 2. The number of amides is 1. The summed E-state index contributed by atoms with van der Waals surface area (Å²) in [6, 6.07) is 12.1. The van der Waals surface area contributed by atoms with Crippen LogP contribution >= 0.6 is 0 Å². The van der Waals surface area contributed by atoms with E-state index < -0.39 is 0 Å². The van der Waals surface area contributed by atoms with Crippen molar-refractivity contribution in [1.29, 1.82) is 0 Å². The third-order valence-corrected chi connectivity index (χ3v) is 4.20. The number of piperazine rings is 1. The van der Waals surface area contributed by atoms with Gasteiger partial charge in [-0.05, 0) is 42.8 Å². The summed E-state index contributed by atoms with van der Waals surface area (Å²) in [6.45, 7) is 3.62. The van der Waals surface area contributed by atoms with E-state index in [9.17, 15) is 13.6 Å². The van der Waals surface area contributed by atoms with E-state index in [4.69, 9.17) is 0 Å². The molecule has 1 atom stereocenters. The molecule has 1 aliphatic heterocycles.